The van der Waals surface area contributed by atoms with Crippen LogP contribution in [-0.4, -0.2) is 14.1 Å². The molecular weight excluding hydrogens is 849 g/mol. The van der Waals surface area contributed by atoms with Crippen molar-refractivity contribution >= 4 is 43.6 Å². The highest BCUT2D eigenvalue weighted by atomic mass is 19.4. The quantitative estimate of drug-likeness (QED) is 0.160. The van der Waals surface area contributed by atoms with Crippen molar-refractivity contribution in [2.24, 2.45) is 0 Å². The van der Waals surface area contributed by atoms with Crippen molar-refractivity contribution in [1.29, 1.82) is 21.0 Å². The van der Waals surface area contributed by atoms with Crippen LogP contribution in [0.4, 0.5) is 26.3 Å². The summed E-state index contributed by atoms with van der Waals surface area (Å²) in [4.78, 5) is 4.91. The number of hydrogen-bond donors (Lipinski definition) is 0. The van der Waals surface area contributed by atoms with Crippen LogP contribution in [0.15, 0.2) is 152 Å². The predicted octanol–water partition coefficient (Wildman–Crippen LogP) is 13.8. The minimum Gasteiger partial charge on any atom is -0.307 e. The van der Waals surface area contributed by atoms with Crippen LogP contribution in [0.2, 0.25) is 0 Å². The van der Waals surface area contributed by atoms with E-state index in [0.717, 1.165) is 10.8 Å². The number of para-hydroxylation sites is 2. The fourth-order valence-corrected chi connectivity index (χ4v) is 8.78. The third-order valence-corrected chi connectivity index (χ3v) is 11.7. The van der Waals surface area contributed by atoms with Crippen molar-refractivity contribution in [1.82, 2.24) is 14.1 Å². The summed E-state index contributed by atoms with van der Waals surface area (Å²) in [6, 6.07) is 46.4. The molecule has 0 saturated heterocycles. The van der Waals surface area contributed by atoms with E-state index in [1.54, 1.807) is 75.9 Å². The first kappa shape index (κ1) is 40.9. The maximum Gasteiger partial charge on any atom is 0.416 e. The standard InChI is InChI=1S/C53H25F6N7/c54-52(55,56)37-19-34(20-38(23-37)53(57,58)59)43-24-51(66-47-8-4-2-6-42(47)45-22-33(12-16-49(45)66)40-14-10-31(26-61)18-36(40)28-63)64-29-50(43)65-46-7-3-1-5-41(46)44-21-32(11-15-48(44)65)39-13-9-30(25-60)17-35(39)27-62/h1-24,29H. The maximum absolute atomic E-state index is 14.6. The van der Waals surface area contributed by atoms with Gasteiger partial charge in [-0.2, -0.15) is 47.4 Å². The number of hydrogen-bond acceptors (Lipinski definition) is 5. The van der Waals surface area contributed by atoms with Crippen LogP contribution in [0.5, 0.6) is 0 Å². The van der Waals surface area contributed by atoms with Gasteiger partial charge in [-0.05, 0) is 113 Å². The smallest absolute Gasteiger partial charge is 0.307 e. The molecule has 0 radical (unpaired) electrons. The lowest BCUT2D eigenvalue weighted by molar-refractivity contribution is -0.143. The maximum atomic E-state index is 14.6. The molecule has 0 aliphatic heterocycles. The van der Waals surface area contributed by atoms with E-state index in [1.807, 2.05) is 54.6 Å². The van der Waals surface area contributed by atoms with Gasteiger partial charge in [-0.25, -0.2) is 4.98 Å². The van der Waals surface area contributed by atoms with E-state index in [-0.39, 0.29) is 34.3 Å². The molecule has 0 bridgehead atoms. The Kier molecular flexibility index (Phi) is 9.46. The van der Waals surface area contributed by atoms with Gasteiger partial charge in [0.15, 0.2) is 0 Å². The molecule has 0 aliphatic rings. The van der Waals surface area contributed by atoms with E-state index < -0.39 is 23.5 Å². The number of nitriles is 4. The van der Waals surface area contributed by atoms with E-state index in [1.165, 1.54) is 24.4 Å². The number of halogens is 6. The van der Waals surface area contributed by atoms with Gasteiger partial charge in [0.1, 0.15) is 5.82 Å². The number of benzene rings is 7. The number of rotatable bonds is 5. The molecule has 0 N–H and O–H groups in total. The van der Waals surface area contributed by atoms with E-state index in [0.29, 0.717) is 83.9 Å². The molecule has 3 aromatic heterocycles. The second-order valence-corrected chi connectivity index (χ2v) is 15.5. The van der Waals surface area contributed by atoms with Crippen LogP contribution < -0.4 is 0 Å². The molecule has 0 amide bonds. The minimum absolute atomic E-state index is 0.0148. The van der Waals surface area contributed by atoms with Crippen molar-refractivity contribution in [3.63, 3.8) is 0 Å². The molecule has 10 rings (SSSR count). The monoisotopic (exact) mass is 873 g/mol. The van der Waals surface area contributed by atoms with Gasteiger partial charge in [0.2, 0.25) is 0 Å². The average molecular weight is 874 g/mol. The topological polar surface area (TPSA) is 118 Å². The second-order valence-electron chi connectivity index (χ2n) is 15.5. The molecule has 314 valence electrons. The number of aromatic nitrogens is 3. The molecule has 0 aliphatic carbocycles. The zero-order valence-corrected chi connectivity index (χ0v) is 33.8. The first-order chi connectivity index (χ1) is 31.8. The minimum atomic E-state index is -5.13. The molecule has 0 spiro atoms. The summed E-state index contributed by atoms with van der Waals surface area (Å²) in [6.07, 6.45) is -8.82. The second kappa shape index (κ2) is 15.3. The zero-order valence-electron chi connectivity index (χ0n) is 33.8. The Morgan fingerprint density at radius 1 is 0.409 bits per heavy atom. The summed E-state index contributed by atoms with van der Waals surface area (Å²) < 4.78 is 90.8. The Labute approximate surface area is 370 Å². The zero-order chi connectivity index (χ0) is 46.1. The van der Waals surface area contributed by atoms with Crippen LogP contribution in [0.3, 0.4) is 0 Å². The Bertz CT molecular complexity index is 3830. The number of alkyl halides is 6. The molecule has 13 heteroatoms. The highest BCUT2D eigenvalue weighted by Gasteiger charge is 2.37. The van der Waals surface area contributed by atoms with Gasteiger partial charge in [-0.1, -0.05) is 60.7 Å². The van der Waals surface area contributed by atoms with Gasteiger partial charge < -0.3 is 4.57 Å². The lowest BCUT2D eigenvalue weighted by atomic mass is 9.97. The molecule has 0 saturated carbocycles. The van der Waals surface area contributed by atoms with Gasteiger partial charge in [-0.15, -0.1) is 0 Å². The Morgan fingerprint density at radius 2 is 0.879 bits per heavy atom. The fraction of sp³-hybridized carbons (Fsp3) is 0.0377. The first-order valence-corrected chi connectivity index (χ1v) is 20.1. The number of nitrogens with zero attached hydrogens (tertiary/aromatic N) is 7. The molecule has 0 unspecified atom stereocenters. The van der Waals surface area contributed by atoms with Crippen molar-refractivity contribution < 1.29 is 26.3 Å². The lowest BCUT2D eigenvalue weighted by Crippen LogP contribution is -2.11. The summed E-state index contributed by atoms with van der Waals surface area (Å²) >= 11 is 0. The molecule has 66 heavy (non-hydrogen) atoms. The molecule has 10 aromatic rings. The van der Waals surface area contributed by atoms with Crippen molar-refractivity contribution in [3.05, 3.63) is 185 Å². The summed E-state index contributed by atoms with van der Waals surface area (Å²) in [6.45, 7) is 0. The largest absolute Gasteiger partial charge is 0.416 e. The van der Waals surface area contributed by atoms with Gasteiger partial charge in [-0.3, -0.25) is 4.57 Å². The van der Waals surface area contributed by atoms with Gasteiger partial charge in [0, 0.05) is 27.1 Å². The Hall–Kier alpha value is -9.17. The molecule has 3 heterocycles. The van der Waals surface area contributed by atoms with Crippen LogP contribution >= 0.6 is 0 Å². The Balaban J connectivity index is 1.25. The SMILES string of the molecule is N#Cc1ccc(-c2ccc3c(c2)c2ccccc2n3-c2cc(-c3cc(C(F)(F)F)cc(C(F)(F)F)c3)c(-n3c4ccccc4c4cc(-c5ccc(C#N)cc5C#N)ccc43)cn2)c(C#N)c1. The number of pyridine rings is 1. The van der Waals surface area contributed by atoms with E-state index in [4.69, 9.17) is 4.98 Å². The summed E-state index contributed by atoms with van der Waals surface area (Å²) in [7, 11) is 0. The summed E-state index contributed by atoms with van der Waals surface area (Å²) in [5.74, 6) is 0.197. The van der Waals surface area contributed by atoms with E-state index in [9.17, 15) is 47.4 Å². The third-order valence-electron chi connectivity index (χ3n) is 11.7. The molecular formula is C53H25F6N7. The van der Waals surface area contributed by atoms with Crippen LogP contribution in [-0.2, 0) is 12.4 Å². The Morgan fingerprint density at radius 3 is 1.36 bits per heavy atom. The predicted molar refractivity (Wildman–Crippen MR) is 238 cm³/mol. The fourth-order valence-electron chi connectivity index (χ4n) is 8.78. The molecule has 7 aromatic carbocycles. The average Bonchev–Trinajstić information content (AvgIpc) is 3.84. The highest BCUT2D eigenvalue weighted by Crippen LogP contribution is 2.44. The molecule has 0 fully saturated rings. The van der Waals surface area contributed by atoms with Crippen molar-refractivity contribution in [3.8, 4) is 69.2 Å². The third kappa shape index (κ3) is 6.71. The van der Waals surface area contributed by atoms with E-state index >= 15 is 0 Å². The lowest BCUT2D eigenvalue weighted by Gasteiger charge is -2.19. The normalized spacial score (nSPS) is 11.7. The van der Waals surface area contributed by atoms with Crippen molar-refractivity contribution in [2.45, 2.75) is 12.4 Å². The van der Waals surface area contributed by atoms with Gasteiger partial charge >= 0.3 is 12.4 Å². The summed E-state index contributed by atoms with van der Waals surface area (Å²) in [5, 5.41) is 41.7. The van der Waals surface area contributed by atoms with Crippen LogP contribution in [0.25, 0.3) is 88.5 Å². The first-order valence-electron chi connectivity index (χ1n) is 20.1. The van der Waals surface area contributed by atoms with E-state index in [2.05, 4.69) is 12.1 Å². The highest BCUT2D eigenvalue weighted by molar-refractivity contribution is 6.12. The van der Waals surface area contributed by atoms with Gasteiger partial charge in [0.05, 0.1) is 91.6 Å². The van der Waals surface area contributed by atoms with Crippen molar-refractivity contribution in [2.75, 3.05) is 0 Å². The number of fused-ring (bicyclic) bond motifs is 6. The molecule has 0 atom stereocenters. The summed E-state index contributed by atoms with van der Waals surface area (Å²) in [5.41, 5.74) is 2.92. The van der Waals surface area contributed by atoms with Crippen LogP contribution in [0.1, 0.15) is 33.4 Å². The molecule has 7 nitrogen and oxygen atoms in total. The van der Waals surface area contributed by atoms with Gasteiger partial charge in [0.25, 0.3) is 0 Å². The van der Waals surface area contributed by atoms with Crippen LogP contribution in [0, 0.1) is 45.3 Å².